The third-order valence-corrected chi connectivity index (χ3v) is 5.19. The Balaban J connectivity index is 1.98. The van der Waals surface area contributed by atoms with Crippen LogP contribution in [0, 0.1) is 13.8 Å². The average molecular weight is 319 g/mol. The Kier molecular flexibility index (Phi) is 3.77. The fourth-order valence-corrected chi connectivity index (χ4v) is 3.78. The SMILES string of the molecule is CNc1nc(NC(C)c2nc(C)cs2)c2cc(C)sc2n1. The van der Waals surface area contributed by atoms with E-state index in [-0.39, 0.29) is 6.04 Å². The van der Waals surface area contributed by atoms with Gasteiger partial charge in [0.2, 0.25) is 5.95 Å². The average Bonchev–Trinajstić information content (AvgIpc) is 3.03. The van der Waals surface area contributed by atoms with Gasteiger partial charge in [0.1, 0.15) is 15.7 Å². The molecular formula is C14H17N5S2. The zero-order valence-electron chi connectivity index (χ0n) is 12.4. The van der Waals surface area contributed by atoms with Crippen molar-refractivity contribution in [2.45, 2.75) is 26.8 Å². The second kappa shape index (κ2) is 5.57. The van der Waals surface area contributed by atoms with Crippen LogP contribution in [-0.2, 0) is 0 Å². The molecule has 0 aliphatic rings. The summed E-state index contributed by atoms with van der Waals surface area (Å²) in [5, 5.41) is 10.7. The van der Waals surface area contributed by atoms with Gasteiger partial charge >= 0.3 is 0 Å². The van der Waals surface area contributed by atoms with E-state index in [1.807, 2.05) is 14.0 Å². The van der Waals surface area contributed by atoms with Crippen molar-refractivity contribution < 1.29 is 0 Å². The van der Waals surface area contributed by atoms with Crippen molar-refractivity contribution in [2.24, 2.45) is 0 Å². The summed E-state index contributed by atoms with van der Waals surface area (Å²) in [7, 11) is 1.83. The number of nitrogens with zero attached hydrogens (tertiary/aromatic N) is 3. The molecular weight excluding hydrogens is 302 g/mol. The van der Waals surface area contributed by atoms with Gasteiger partial charge in [0, 0.05) is 23.0 Å². The number of nitrogens with one attached hydrogen (secondary N) is 2. The van der Waals surface area contributed by atoms with Crippen molar-refractivity contribution in [2.75, 3.05) is 17.7 Å². The topological polar surface area (TPSA) is 62.7 Å². The van der Waals surface area contributed by atoms with Crippen molar-refractivity contribution in [3.05, 3.63) is 27.0 Å². The van der Waals surface area contributed by atoms with Crippen LogP contribution in [0.4, 0.5) is 11.8 Å². The zero-order valence-corrected chi connectivity index (χ0v) is 14.0. The highest BCUT2D eigenvalue weighted by Crippen LogP contribution is 2.31. The molecule has 7 heteroatoms. The van der Waals surface area contributed by atoms with Crippen LogP contribution in [0.3, 0.4) is 0 Å². The van der Waals surface area contributed by atoms with E-state index in [2.05, 4.69) is 50.9 Å². The molecule has 1 unspecified atom stereocenters. The van der Waals surface area contributed by atoms with E-state index in [0.29, 0.717) is 5.95 Å². The van der Waals surface area contributed by atoms with Crippen molar-refractivity contribution in [1.29, 1.82) is 0 Å². The number of hydrogen-bond acceptors (Lipinski definition) is 7. The minimum Gasteiger partial charge on any atom is -0.360 e. The number of aromatic nitrogens is 3. The minimum atomic E-state index is 0.117. The molecule has 0 radical (unpaired) electrons. The lowest BCUT2D eigenvalue weighted by Crippen LogP contribution is -2.09. The summed E-state index contributed by atoms with van der Waals surface area (Å²) in [6.45, 7) is 6.20. The maximum absolute atomic E-state index is 4.56. The smallest absolute Gasteiger partial charge is 0.225 e. The summed E-state index contributed by atoms with van der Waals surface area (Å²) in [5.74, 6) is 1.49. The number of thiophene rings is 1. The number of fused-ring (bicyclic) bond motifs is 1. The molecule has 0 saturated heterocycles. The molecule has 3 aromatic heterocycles. The maximum atomic E-state index is 4.56. The van der Waals surface area contributed by atoms with Gasteiger partial charge in [-0.05, 0) is 26.8 Å². The van der Waals surface area contributed by atoms with Crippen molar-refractivity contribution >= 4 is 44.7 Å². The first-order valence-corrected chi connectivity index (χ1v) is 8.41. The molecule has 3 heterocycles. The van der Waals surface area contributed by atoms with Crippen LogP contribution in [0.5, 0.6) is 0 Å². The van der Waals surface area contributed by atoms with E-state index in [1.165, 1.54) is 4.88 Å². The van der Waals surface area contributed by atoms with Crippen LogP contribution in [0.2, 0.25) is 0 Å². The van der Waals surface area contributed by atoms with Gasteiger partial charge in [0.15, 0.2) is 0 Å². The molecule has 2 N–H and O–H groups in total. The van der Waals surface area contributed by atoms with Gasteiger partial charge < -0.3 is 10.6 Å². The van der Waals surface area contributed by atoms with Crippen LogP contribution in [0.15, 0.2) is 11.4 Å². The summed E-state index contributed by atoms with van der Waals surface area (Å²) in [6, 6.07) is 2.24. The number of anilines is 2. The fourth-order valence-electron chi connectivity index (χ4n) is 2.10. The van der Waals surface area contributed by atoms with Gasteiger partial charge in [-0.3, -0.25) is 0 Å². The van der Waals surface area contributed by atoms with E-state index < -0.39 is 0 Å². The first-order valence-electron chi connectivity index (χ1n) is 6.71. The Morgan fingerprint density at radius 2 is 2.00 bits per heavy atom. The van der Waals surface area contributed by atoms with E-state index in [0.717, 1.165) is 26.7 Å². The summed E-state index contributed by atoms with van der Waals surface area (Å²) in [6.07, 6.45) is 0. The standard InChI is InChI=1S/C14H17N5S2/c1-7-6-20-12(16-7)9(3)17-11-10-5-8(2)21-13(10)19-14(15-4)18-11/h5-6,9H,1-4H3,(H2,15,17,18,19). The molecule has 1 atom stereocenters. The van der Waals surface area contributed by atoms with Crippen LogP contribution < -0.4 is 10.6 Å². The molecule has 0 aliphatic carbocycles. The van der Waals surface area contributed by atoms with Crippen LogP contribution in [0.1, 0.15) is 28.5 Å². The van der Waals surface area contributed by atoms with Crippen LogP contribution in [0.25, 0.3) is 10.2 Å². The number of hydrogen-bond donors (Lipinski definition) is 2. The second-order valence-electron chi connectivity index (χ2n) is 4.91. The molecule has 3 aromatic rings. The molecule has 3 rings (SSSR count). The summed E-state index contributed by atoms with van der Waals surface area (Å²) in [5.41, 5.74) is 1.05. The highest BCUT2D eigenvalue weighted by Gasteiger charge is 2.15. The quantitative estimate of drug-likeness (QED) is 0.761. The van der Waals surface area contributed by atoms with Gasteiger partial charge in [-0.2, -0.15) is 4.98 Å². The van der Waals surface area contributed by atoms with Crippen LogP contribution >= 0.6 is 22.7 Å². The maximum Gasteiger partial charge on any atom is 0.225 e. The predicted octanol–water partition coefficient (Wildman–Crippen LogP) is 3.98. The molecule has 0 bridgehead atoms. The number of rotatable bonds is 4. The Labute approximate surface area is 131 Å². The predicted molar refractivity (Wildman–Crippen MR) is 90.6 cm³/mol. The Morgan fingerprint density at radius 1 is 1.19 bits per heavy atom. The highest BCUT2D eigenvalue weighted by molar-refractivity contribution is 7.18. The molecule has 0 saturated carbocycles. The largest absolute Gasteiger partial charge is 0.360 e. The van der Waals surface area contributed by atoms with Gasteiger partial charge in [0.25, 0.3) is 0 Å². The summed E-state index contributed by atoms with van der Waals surface area (Å²) < 4.78 is 0. The van der Waals surface area contributed by atoms with Gasteiger partial charge in [-0.15, -0.1) is 22.7 Å². The third kappa shape index (κ3) is 2.84. The van der Waals surface area contributed by atoms with E-state index in [9.17, 15) is 0 Å². The molecule has 0 spiro atoms. The molecule has 110 valence electrons. The molecule has 0 amide bonds. The third-order valence-electron chi connectivity index (χ3n) is 3.10. The molecule has 0 aliphatic heterocycles. The lowest BCUT2D eigenvalue weighted by Gasteiger charge is -2.13. The van der Waals surface area contributed by atoms with E-state index >= 15 is 0 Å². The summed E-state index contributed by atoms with van der Waals surface area (Å²) in [4.78, 5) is 15.8. The van der Waals surface area contributed by atoms with Crippen molar-refractivity contribution in [3.63, 3.8) is 0 Å². The second-order valence-corrected chi connectivity index (χ2v) is 7.04. The van der Waals surface area contributed by atoms with Crippen molar-refractivity contribution in [1.82, 2.24) is 15.0 Å². The first kappa shape index (κ1) is 14.2. The van der Waals surface area contributed by atoms with Gasteiger partial charge in [-0.1, -0.05) is 0 Å². The van der Waals surface area contributed by atoms with Crippen LogP contribution in [-0.4, -0.2) is 22.0 Å². The highest BCUT2D eigenvalue weighted by atomic mass is 32.1. The molecule has 21 heavy (non-hydrogen) atoms. The van der Waals surface area contributed by atoms with Gasteiger partial charge in [0.05, 0.1) is 11.4 Å². The monoisotopic (exact) mass is 319 g/mol. The zero-order chi connectivity index (χ0) is 15.0. The number of thiazole rings is 1. The number of aryl methyl sites for hydroxylation is 2. The minimum absolute atomic E-state index is 0.117. The molecule has 0 fully saturated rings. The molecule has 0 aromatic carbocycles. The molecule has 5 nitrogen and oxygen atoms in total. The Morgan fingerprint density at radius 3 is 2.67 bits per heavy atom. The first-order chi connectivity index (χ1) is 10.1. The Hall–Kier alpha value is -1.73. The lowest BCUT2D eigenvalue weighted by atomic mass is 10.3. The summed E-state index contributed by atoms with van der Waals surface area (Å²) >= 11 is 3.35. The Bertz CT molecular complexity index is 777. The van der Waals surface area contributed by atoms with E-state index in [1.54, 1.807) is 22.7 Å². The van der Waals surface area contributed by atoms with Crippen molar-refractivity contribution in [3.8, 4) is 0 Å². The van der Waals surface area contributed by atoms with E-state index in [4.69, 9.17) is 0 Å². The van der Waals surface area contributed by atoms with Gasteiger partial charge in [-0.25, -0.2) is 9.97 Å². The normalized spacial score (nSPS) is 12.6. The lowest BCUT2D eigenvalue weighted by molar-refractivity contribution is 0.857. The fraction of sp³-hybridized carbons (Fsp3) is 0.357.